The van der Waals surface area contributed by atoms with E-state index in [1.807, 2.05) is 21.2 Å². The van der Waals surface area contributed by atoms with E-state index in [1.54, 1.807) is 12.5 Å². The molecule has 0 N–H and O–H groups in total. The van der Waals surface area contributed by atoms with Crippen LogP contribution in [0.3, 0.4) is 0 Å². The van der Waals surface area contributed by atoms with Gasteiger partial charge in [0.2, 0.25) is 0 Å². The lowest BCUT2D eigenvalue weighted by Gasteiger charge is -2.00. The number of hydrogen-bond acceptors (Lipinski definition) is 4. The van der Waals surface area contributed by atoms with E-state index in [0.717, 1.165) is 22.5 Å². The molecule has 0 spiro atoms. The standard InChI is InChI=1S/C16H13ClN6/c17-14-5-13-12(6-18-14)19-9-22(13)8-15-20-16-4-3-11(10-1-2-10)7-23(16)21-15/h3-7,9-10H,1-2,8H2. The summed E-state index contributed by atoms with van der Waals surface area (Å²) in [6, 6.07) is 6.01. The number of hydrogen-bond donors (Lipinski definition) is 0. The first kappa shape index (κ1) is 13.0. The summed E-state index contributed by atoms with van der Waals surface area (Å²) in [7, 11) is 0. The Morgan fingerprint density at radius 3 is 3.00 bits per heavy atom. The lowest BCUT2D eigenvalue weighted by Crippen LogP contribution is -2.00. The van der Waals surface area contributed by atoms with Gasteiger partial charge in [-0.15, -0.1) is 5.10 Å². The first-order chi connectivity index (χ1) is 11.3. The molecule has 4 aromatic heterocycles. The van der Waals surface area contributed by atoms with E-state index < -0.39 is 0 Å². The molecular formula is C16H13ClN6. The second kappa shape index (κ2) is 4.76. The third-order valence-corrected chi connectivity index (χ3v) is 4.44. The number of aromatic nitrogens is 6. The summed E-state index contributed by atoms with van der Waals surface area (Å²) in [5, 5.41) is 5.05. The van der Waals surface area contributed by atoms with Gasteiger partial charge in [0.15, 0.2) is 11.5 Å². The molecular weight excluding hydrogens is 312 g/mol. The molecule has 0 aliphatic heterocycles. The smallest absolute Gasteiger partial charge is 0.171 e. The van der Waals surface area contributed by atoms with E-state index in [9.17, 15) is 0 Å². The molecule has 5 rings (SSSR count). The summed E-state index contributed by atoms with van der Waals surface area (Å²) in [6.07, 6.45) is 8.10. The molecule has 4 aromatic rings. The third-order valence-electron chi connectivity index (χ3n) is 4.23. The Kier molecular flexibility index (Phi) is 2.69. The maximum Gasteiger partial charge on any atom is 0.171 e. The zero-order chi connectivity index (χ0) is 15.4. The summed E-state index contributed by atoms with van der Waals surface area (Å²) < 4.78 is 3.86. The minimum atomic E-state index is 0.455. The highest BCUT2D eigenvalue weighted by molar-refractivity contribution is 6.29. The maximum absolute atomic E-state index is 5.98. The summed E-state index contributed by atoms with van der Waals surface area (Å²) >= 11 is 5.98. The monoisotopic (exact) mass is 324 g/mol. The van der Waals surface area contributed by atoms with Gasteiger partial charge in [-0.1, -0.05) is 17.7 Å². The third kappa shape index (κ3) is 2.26. The van der Waals surface area contributed by atoms with Gasteiger partial charge in [-0.05, 0) is 30.4 Å². The molecule has 1 aliphatic rings. The number of rotatable bonds is 3. The molecule has 1 saturated carbocycles. The van der Waals surface area contributed by atoms with Crippen molar-refractivity contribution in [3.8, 4) is 0 Å². The zero-order valence-corrected chi connectivity index (χ0v) is 13.0. The van der Waals surface area contributed by atoms with E-state index in [-0.39, 0.29) is 0 Å². The molecule has 0 bridgehead atoms. The number of halogens is 1. The summed E-state index contributed by atoms with van der Waals surface area (Å²) in [5.74, 6) is 1.46. The first-order valence-electron chi connectivity index (χ1n) is 7.58. The van der Waals surface area contributed by atoms with Gasteiger partial charge in [-0.2, -0.15) is 0 Å². The van der Waals surface area contributed by atoms with Crippen LogP contribution in [-0.2, 0) is 6.54 Å². The van der Waals surface area contributed by atoms with Gasteiger partial charge in [0, 0.05) is 12.3 Å². The molecule has 1 fully saturated rings. The van der Waals surface area contributed by atoms with Crippen LogP contribution in [0.1, 0.15) is 30.1 Å². The molecule has 0 amide bonds. The molecule has 0 unspecified atom stereocenters. The van der Waals surface area contributed by atoms with Crippen molar-refractivity contribution in [2.24, 2.45) is 0 Å². The van der Waals surface area contributed by atoms with Crippen LogP contribution < -0.4 is 0 Å². The molecule has 6 nitrogen and oxygen atoms in total. The number of nitrogens with zero attached hydrogens (tertiary/aromatic N) is 6. The van der Waals surface area contributed by atoms with E-state index >= 15 is 0 Å². The van der Waals surface area contributed by atoms with Crippen LogP contribution in [0.2, 0.25) is 5.15 Å². The van der Waals surface area contributed by atoms with E-state index in [4.69, 9.17) is 11.6 Å². The predicted octanol–water partition coefficient (Wildman–Crippen LogP) is 3.05. The molecule has 23 heavy (non-hydrogen) atoms. The maximum atomic E-state index is 5.98. The summed E-state index contributed by atoms with van der Waals surface area (Å²) in [4.78, 5) is 13.0. The van der Waals surface area contributed by atoms with Crippen molar-refractivity contribution in [1.29, 1.82) is 0 Å². The second-order valence-corrected chi connectivity index (χ2v) is 6.32. The van der Waals surface area contributed by atoms with Gasteiger partial charge < -0.3 is 4.57 Å². The van der Waals surface area contributed by atoms with Crippen molar-refractivity contribution in [3.63, 3.8) is 0 Å². The largest absolute Gasteiger partial charge is 0.323 e. The van der Waals surface area contributed by atoms with Gasteiger partial charge in [-0.25, -0.2) is 19.5 Å². The fraction of sp³-hybridized carbons (Fsp3) is 0.250. The summed E-state index contributed by atoms with van der Waals surface area (Å²) in [6.45, 7) is 0.553. The lowest BCUT2D eigenvalue weighted by atomic mass is 10.2. The Hall–Kier alpha value is -2.47. The fourth-order valence-electron chi connectivity index (χ4n) is 2.89. The van der Waals surface area contributed by atoms with Crippen LogP contribution in [0.5, 0.6) is 0 Å². The van der Waals surface area contributed by atoms with Crippen molar-refractivity contribution < 1.29 is 0 Å². The van der Waals surface area contributed by atoms with Crippen molar-refractivity contribution >= 4 is 28.3 Å². The van der Waals surface area contributed by atoms with Crippen molar-refractivity contribution in [1.82, 2.24) is 29.1 Å². The zero-order valence-electron chi connectivity index (χ0n) is 12.2. The minimum Gasteiger partial charge on any atom is -0.323 e. The van der Waals surface area contributed by atoms with Crippen LogP contribution in [0.25, 0.3) is 16.7 Å². The van der Waals surface area contributed by atoms with E-state index in [1.165, 1.54) is 18.4 Å². The Morgan fingerprint density at radius 1 is 1.22 bits per heavy atom. The van der Waals surface area contributed by atoms with Crippen LogP contribution in [0.4, 0.5) is 0 Å². The number of fused-ring (bicyclic) bond motifs is 2. The van der Waals surface area contributed by atoms with E-state index in [0.29, 0.717) is 17.6 Å². The van der Waals surface area contributed by atoms with Crippen molar-refractivity contribution in [2.75, 3.05) is 0 Å². The molecule has 114 valence electrons. The highest BCUT2D eigenvalue weighted by atomic mass is 35.5. The highest BCUT2D eigenvalue weighted by Gasteiger charge is 2.24. The van der Waals surface area contributed by atoms with Gasteiger partial charge in [-0.3, -0.25) is 0 Å². The average molecular weight is 325 g/mol. The number of pyridine rings is 2. The van der Waals surface area contributed by atoms with Gasteiger partial charge in [0.1, 0.15) is 10.7 Å². The van der Waals surface area contributed by atoms with Crippen LogP contribution >= 0.6 is 11.6 Å². The predicted molar refractivity (Wildman–Crippen MR) is 86.6 cm³/mol. The Bertz CT molecular complexity index is 1030. The van der Waals surface area contributed by atoms with Gasteiger partial charge in [0.25, 0.3) is 0 Å². The molecule has 0 saturated heterocycles. The van der Waals surface area contributed by atoms with Gasteiger partial charge >= 0.3 is 0 Å². The highest BCUT2D eigenvalue weighted by Crippen LogP contribution is 2.39. The van der Waals surface area contributed by atoms with Crippen LogP contribution in [-0.4, -0.2) is 29.1 Å². The molecule has 0 atom stereocenters. The normalized spacial score (nSPS) is 14.8. The van der Waals surface area contributed by atoms with Crippen molar-refractivity contribution in [3.05, 3.63) is 53.5 Å². The van der Waals surface area contributed by atoms with Crippen LogP contribution in [0, 0.1) is 0 Å². The molecule has 4 heterocycles. The quantitative estimate of drug-likeness (QED) is 0.543. The van der Waals surface area contributed by atoms with Crippen molar-refractivity contribution in [2.45, 2.75) is 25.3 Å². The lowest BCUT2D eigenvalue weighted by molar-refractivity contribution is 0.756. The minimum absolute atomic E-state index is 0.455. The first-order valence-corrected chi connectivity index (χ1v) is 7.96. The fourth-order valence-corrected chi connectivity index (χ4v) is 3.04. The Balaban J connectivity index is 1.53. The molecule has 7 heteroatoms. The van der Waals surface area contributed by atoms with Gasteiger partial charge in [0.05, 0.1) is 24.6 Å². The SMILES string of the molecule is Clc1cc2c(cn1)ncn2Cc1nc2ccc(C3CC3)cn2n1. The van der Waals surface area contributed by atoms with E-state index in [2.05, 4.69) is 32.3 Å². The molecule has 0 radical (unpaired) electrons. The topological polar surface area (TPSA) is 60.9 Å². The average Bonchev–Trinajstić information content (AvgIpc) is 3.22. The molecule has 0 aromatic carbocycles. The Labute approximate surface area is 136 Å². The van der Waals surface area contributed by atoms with Crippen LogP contribution in [0.15, 0.2) is 36.9 Å². The molecule has 1 aliphatic carbocycles. The second-order valence-electron chi connectivity index (χ2n) is 5.94. The Morgan fingerprint density at radius 2 is 2.13 bits per heavy atom. The number of imidazole rings is 1. The summed E-state index contributed by atoms with van der Waals surface area (Å²) in [5.41, 5.74) is 3.96.